The van der Waals surface area contributed by atoms with E-state index in [-0.39, 0.29) is 18.6 Å². The summed E-state index contributed by atoms with van der Waals surface area (Å²) in [6, 6.07) is 7.42. The number of anilines is 1. The third kappa shape index (κ3) is 4.88. The van der Waals surface area contributed by atoms with Crippen LogP contribution in [0.25, 0.3) is 6.08 Å². The minimum absolute atomic E-state index is 0.0121. The second kappa shape index (κ2) is 7.81. The van der Waals surface area contributed by atoms with E-state index in [4.69, 9.17) is 15.6 Å². The average Bonchev–Trinajstić information content (AvgIpc) is 2.51. The molecule has 1 fully saturated rings. The number of likely N-dealkylation sites (tertiary alicyclic amines) is 1. The molecule has 21 heavy (non-hydrogen) atoms. The number of ether oxygens (including phenoxy) is 1. The topological polar surface area (TPSA) is 75.8 Å². The molecule has 5 heteroatoms. The lowest BCUT2D eigenvalue weighted by Crippen LogP contribution is -2.40. The summed E-state index contributed by atoms with van der Waals surface area (Å²) in [5, 5.41) is 8.73. The van der Waals surface area contributed by atoms with E-state index in [9.17, 15) is 4.79 Å². The van der Waals surface area contributed by atoms with Crippen molar-refractivity contribution >= 4 is 17.7 Å². The van der Waals surface area contributed by atoms with E-state index in [2.05, 4.69) is 0 Å². The van der Waals surface area contributed by atoms with Crippen molar-refractivity contribution in [1.82, 2.24) is 4.90 Å². The molecule has 0 saturated carbocycles. The molecule has 114 valence electrons. The van der Waals surface area contributed by atoms with Crippen molar-refractivity contribution in [1.29, 1.82) is 0 Å². The molecule has 1 amide bonds. The highest BCUT2D eigenvalue weighted by molar-refractivity contribution is 5.91. The Kier molecular flexibility index (Phi) is 5.78. The van der Waals surface area contributed by atoms with Gasteiger partial charge in [0.15, 0.2) is 0 Å². The summed E-state index contributed by atoms with van der Waals surface area (Å²) < 4.78 is 5.48. The van der Waals surface area contributed by atoms with Crippen molar-refractivity contribution in [2.45, 2.75) is 18.9 Å². The lowest BCUT2D eigenvalue weighted by Gasteiger charge is -2.31. The molecule has 0 aromatic heterocycles. The maximum Gasteiger partial charge on any atom is 0.246 e. The van der Waals surface area contributed by atoms with Gasteiger partial charge in [-0.2, -0.15) is 0 Å². The quantitative estimate of drug-likeness (QED) is 0.633. The summed E-state index contributed by atoms with van der Waals surface area (Å²) in [5.74, 6) is 0.0121. The highest BCUT2D eigenvalue weighted by atomic mass is 16.5. The van der Waals surface area contributed by atoms with Crippen LogP contribution in [-0.2, 0) is 9.53 Å². The van der Waals surface area contributed by atoms with Crippen LogP contribution in [0.4, 0.5) is 5.69 Å². The van der Waals surface area contributed by atoms with Gasteiger partial charge in [-0.15, -0.1) is 0 Å². The van der Waals surface area contributed by atoms with E-state index in [0.29, 0.717) is 25.4 Å². The van der Waals surface area contributed by atoms with Gasteiger partial charge in [0.05, 0.1) is 19.3 Å². The third-order valence-corrected chi connectivity index (χ3v) is 3.53. The van der Waals surface area contributed by atoms with E-state index >= 15 is 0 Å². The number of nitrogens with zero attached hydrogens (tertiary/aromatic N) is 1. The Bertz CT molecular complexity index is 494. The Morgan fingerprint density at radius 2 is 2.19 bits per heavy atom. The van der Waals surface area contributed by atoms with Crippen molar-refractivity contribution in [3.63, 3.8) is 0 Å². The fraction of sp³-hybridized carbons (Fsp3) is 0.438. The molecule has 5 nitrogen and oxygen atoms in total. The number of carbonyl (C=O) groups excluding carboxylic acids is 1. The van der Waals surface area contributed by atoms with Crippen LogP contribution in [0.5, 0.6) is 0 Å². The predicted molar refractivity (Wildman–Crippen MR) is 82.5 cm³/mol. The van der Waals surface area contributed by atoms with Gasteiger partial charge in [0, 0.05) is 24.9 Å². The van der Waals surface area contributed by atoms with Gasteiger partial charge >= 0.3 is 0 Å². The van der Waals surface area contributed by atoms with Crippen LogP contribution in [0.3, 0.4) is 0 Å². The lowest BCUT2D eigenvalue weighted by atomic mass is 10.1. The second-order valence-electron chi connectivity index (χ2n) is 5.12. The second-order valence-corrected chi connectivity index (χ2v) is 5.12. The first-order valence-corrected chi connectivity index (χ1v) is 7.24. The van der Waals surface area contributed by atoms with Crippen molar-refractivity contribution in [3.05, 3.63) is 35.9 Å². The molecule has 1 aliphatic rings. The molecule has 0 radical (unpaired) electrons. The first kappa shape index (κ1) is 15.5. The van der Waals surface area contributed by atoms with Crippen LogP contribution in [0.2, 0.25) is 0 Å². The van der Waals surface area contributed by atoms with Crippen LogP contribution in [0.15, 0.2) is 30.3 Å². The molecule has 0 aliphatic carbocycles. The Morgan fingerprint density at radius 1 is 1.43 bits per heavy atom. The fourth-order valence-corrected chi connectivity index (χ4v) is 2.40. The Labute approximate surface area is 125 Å². The normalized spacial score (nSPS) is 16.5. The highest BCUT2D eigenvalue weighted by Crippen LogP contribution is 2.14. The van der Waals surface area contributed by atoms with Gasteiger partial charge in [-0.3, -0.25) is 4.79 Å². The Morgan fingerprint density at radius 3 is 2.86 bits per heavy atom. The van der Waals surface area contributed by atoms with Gasteiger partial charge in [0.1, 0.15) is 0 Å². The standard InChI is InChI=1S/C16H22N2O3/c17-14-3-1-2-13(12-14)4-5-16(20)18-8-6-15(7-9-18)21-11-10-19/h1-5,12,15,19H,6-11,17H2/b5-4+. The monoisotopic (exact) mass is 290 g/mol. The minimum atomic E-state index is 0.0121. The highest BCUT2D eigenvalue weighted by Gasteiger charge is 2.21. The largest absolute Gasteiger partial charge is 0.399 e. The van der Waals surface area contributed by atoms with E-state index in [1.165, 1.54) is 0 Å². The van der Waals surface area contributed by atoms with Crippen molar-refractivity contribution in [3.8, 4) is 0 Å². The third-order valence-electron chi connectivity index (χ3n) is 3.53. The first-order chi connectivity index (χ1) is 10.2. The maximum atomic E-state index is 12.1. The number of rotatable bonds is 5. The summed E-state index contributed by atoms with van der Waals surface area (Å²) in [5.41, 5.74) is 7.31. The number of benzene rings is 1. The number of amides is 1. The van der Waals surface area contributed by atoms with Gasteiger partial charge in [-0.1, -0.05) is 12.1 Å². The zero-order valence-corrected chi connectivity index (χ0v) is 12.1. The van der Waals surface area contributed by atoms with E-state index in [0.717, 1.165) is 18.4 Å². The van der Waals surface area contributed by atoms with Crippen LogP contribution in [0.1, 0.15) is 18.4 Å². The molecule has 1 aromatic carbocycles. The molecule has 1 saturated heterocycles. The zero-order chi connectivity index (χ0) is 15.1. The van der Waals surface area contributed by atoms with E-state index in [1.54, 1.807) is 12.2 Å². The lowest BCUT2D eigenvalue weighted by molar-refractivity contribution is -0.128. The molecule has 2 rings (SSSR count). The van der Waals surface area contributed by atoms with E-state index in [1.807, 2.05) is 29.2 Å². The SMILES string of the molecule is Nc1cccc(/C=C/C(=O)N2CCC(OCCO)CC2)c1. The van der Waals surface area contributed by atoms with Crippen LogP contribution < -0.4 is 5.73 Å². The number of carbonyl (C=O) groups is 1. The Balaban J connectivity index is 1.82. The molecule has 3 N–H and O–H groups in total. The summed E-state index contributed by atoms with van der Waals surface area (Å²) >= 11 is 0. The molecule has 0 unspecified atom stereocenters. The van der Waals surface area contributed by atoms with Crippen molar-refractivity contribution < 1.29 is 14.6 Å². The smallest absolute Gasteiger partial charge is 0.246 e. The number of hydrogen-bond donors (Lipinski definition) is 2. The van der Waals surface area contributed by atoms with Crippen molar-refractivity contribution in [2.24, 2.45) is 0 Å². The molecule has 1 heterocycles. The number of aliphatic hydroxyl groups excluding tert-OH is 1. The summed E-state index contributed by atoms with van der Waals surface area (Å²) in [6.45, 7) is 1.79. The fourth-order valence-electron chi connectivity index (χ4n) is 2.40. The van der Waals surface area contributed by atoms with E-state index < -0.39 is 0 Å². The molecule has 0 spiro atoms. The molecule has 1 aromatic rings. The molecule has 1 aliphatic heterocycles. The number of hydrogen-bond acceptors (Lipinski definition) is 4. The van der Waals surface area contributed by atoms with Crippen LogP contribution in [-0.4, -0.2) is 48.3 Å². The van der Waals surface area contributed by atoms with Crippen molar-refractivity contribution in [2.75, 3.05) is 32.0 Å². The first-order valence-electron chi connectivity index (χ1n) is 7.24. The van der Waals surface area contributed by atoms with Crippen LogP contribution >= 0.6 is 0 Å². The molecule has 0 atom stereocenters. The average molecular weight is 290 g/mol. The number of nitrogens with two attached hydrogens (primary N) is 1. The number of nitrogen functional groups attached to an aromatic ring is 1. The summed E-state index contributed by atoms with van der Waals surface area (Å²) in [6.07, 6.45) is 5.16. The Hall–Kier alpha value is -1.85. The molecular formula is C16H22N2O3. The van der Waals surface area contributed by atoms with Gasteiger partial charge < -0.3 is 20.5 Å². The minimum Gasteiger partial charge on any atom is -0.399 e. The summed E-state index contributed by atoms with van der Waals surface area (Å²) in [4.78, 5) is 13.9. The van der Waals surface area contributed by atoms with Crippen LogP contribution in [0, 0.1) is 0 Å². The molecular weight excluding hydrogens is 268 g/mol. The van der Waals surface area contributed by atoms with Gasteiger partial charge in [-0.25, -0.2) is 0 Å². The van der Waals surface area contributed by atoms with Gasteiger partial charge in [0.2, 0.25) is 5.91 Å². The summed E-state index contributed by atoms with van der Waals surface area (Å²) in [7, 11) is 0. The predicted octanol–water partition coefficient (Wildman–Crippen LogP) is 1.28. The number of aliphatic hydroxyl groups is 1. The van der Waals surface area contributed by atoms with Gasteiger partial charge in [-0.05, 0) is 36.6 Å². The number of piperidine rings is 1. The maximum absolute atomic E-state index is 12.1. The van der Waals surface area contributed by atoms with Gasteiger partial charge in [0.25, 0.3) is 0 Å². The zero-order valence-electron chi connectivity index (χ0n) is 12.1. The molecule has 0 bridgehead atoms.